The summed E-state index contributed by atoms with van der Waals surface area (Å²) in [7, 11) is 1.49. The topological polar surface area (TPSA) is 87.5 Å². The van der Waals surface area contributed by atoms with Gasteiger partial charge in [-0.05, 0) is 18.2 Å². The largest absolute Gasteiger partial charge is 0.481 e. The highest BCUT2D eigenvalue weighted by molar-refractivity contribution is 5.75. The molecule has 1 aromatic carbocycles. The van der Waals surface area contributed by atoms with Gasteiger partial charge in [-0.3, -0.25) is 4.79 Å². The number of halogens is 1. The van der Waals surface area contributed by atoms with Crippen LogP contribution in [-0.2, 0) is 11.3 Å². The number of carboxylic acids is 1. The summed E-state index contributed by atoms with van der Waals surface area (Å²) < 4.78 is 15.6. The number of hydrogen-bond donors (Lipinski definition) is 2. The van der Waals surface area contributed by atoms with E-state index >= 15 is 0 Å². The highest BCUT2D eigenvalue weighted by Gasteiger charge is 2.18. The van der Waals surface area contributed by atoms with E-state index in [4.69, 9.17) is 5.11 Å². The lowest BCUT2D eigenvalue weighted by molar-refractivity contribution is -0.141. The van der Waals surface area contributed by atoms with E-state index in [1.165, 1.54) is 29.6 Å². The summed E-state index contributed by atoms with van der Waals surface area (Å²) in [5.41, 5.74) is 0.830. The zero-order valence-corrected chi connectivity index (χ0v) is 13.4. The normalized spacial score (nSPS) is 11.8. The minimum Gasteiger partial charge on any atom is -0.481 e. The Morgan fingerprint density at radius 2 is 2.17 bits per heavy atom. The van der Waals surface area contributed by atoms with Crippen LogP contribution in [0.2, 0.25) is 0 Å². The minimum atomic E-state index is -0.982. The van der Waals surface area contributed by atoms with Crippen molar-refractivity contribution in [2.24, 2.45) is 5.92 Å². The van der Waals surface area contributed by atoms with E-state index in [-0.39, 0.29) is 13.1 Å². The molecule has 0 fully saturated rings. The van der Waals surface area contributed by atoms with Crippen molar-refractivity contribution in [3.05, 3.63) is 48.0 Å². The van der Waals surface area contributed by atoms with Crippen molar-refractivity contribution in [3.8, 4) is 5.69 Å². The van der Waals surface area contributed by atoms with Gasteiger partial charge in [0.25, 0.3) is 0 Å². The molecule has 0 bridgehead atoms. The SMILES string of the molecule is CC(CN(C)C(=O)NCc1c(F)cccc1-n1cccn1)C(=O)O. The fourth-order valence-corrected chi connectivity index (χ4v) is 2.22. The lowest BCUT2D eigenvalue weighted by atomic mass is 10.1. The quantitative estimate of drug-likeness (QED) is 0.844. The minimum absolute atomic E-state index is 0.0352. The van der Waals surface area contributed by atoms with Crippen LogP contribution in [0.4, 0.5) is 9.18 Å². The molecule has 0 saturated heterocycles. The molecule has 1 heterocycles. The Labute approximate surface area is 138 Å². The van der Waals surface area contributed by atoms with Gasteiger partial charge in [0.05, 0.1) is 11.6 Å². The molecule has 0 spiro atoms. The number of carboxylic acid groups (broad SMARTS) is 1. The van der Waals surface area contributed by atoms with Gasteiger partial charge in [-0.15, -0.1) is 0 Å². The molecule has 24 heavy (non-hydrogen) atoms. The average Bonchev–Trinajstić information content (AvgIpc) is 3.07. The number of aromatic nitrogens is 2. The number of amides is 2. The number of hydrogen-bond acceptors (Lipinski definition) is 3. The molecule has 2 N–H and O–H groups in total. The van der Waals surface area contributed by atoms with Gasteiger partial charge in [-0.1, -0.05) is 13.0 Å². The number of nitrogens with zero attached hydrogens (tertiary/aromatic N) is 3. The van der Waals surface area contributed by atoms with E-state index in [9.17, 15) is 14.0 Å². The summed E-state index contributed by atoms with van der Waals surface area (Å²) in [6.45, 7) is 1.54. The predicted molar refractivity (Wildman–Crippen MR) is 85.2 cm³/mol. The number of urea groups is 1. The summed E-state index contributed by atoms with van der Waals surface area (Å²) in [5, 5.41) is 15.6. The monoisotopic (exact) mass is 334 g/mol. The van der Waals surface area contributed by atoms with Crippen LogP contribution in [0.3, 0.4) is 0 Å². The number of nitrogens with one attached hydrogen (secondary N) is 1. The Hall–Kier alpha value is -2.90. The van der Waals surface area contributed by atoms with Crippen LogP contribution in [0.1, 0.15) is 12.5 Å². The van der Waals surface area contributed by atoms with Crippen molar-refractivity contribution in [1.29, 1.82) is 0 Å². The van der Waals surface area contributed by atoms with E-state index in [0.29, 0.717) is 11.3 Å². The van der Waals surface area contributed by atoms with Crippen molar-refractivity contribution >= 4 is 12.0 Å². The van der Waals surface area contributed by atoms with Gasteiger partial charge in [0.15, 0.2) is 0 Å². The molecule has 0 radical (unpaired) electrons. The molecule has 0 aliphatic carbocycles. The van der Waals surface area contributed by atoms with Crippen molar-refractivity contribution < 1.29 is 19.1 Å². The van der Waals surface area contributed by atoms with E-state index in [0.717, 1.165) is 0 Å². The van der Waals surface area contributed by atoms with Gasteiger partial charge in [0, 0.05) is 38.1 Å². The third-order valence-electron chi connectivity index (χ3n) is 3.58. The summed E-state index contributed by atoms with van der Waals surface area (Å²) in [6, 6.07) is 5.82. The highest BCUT2D eigenvalue weighted by atomic mass is 19.1. The van der Waals surface area contributed by atoms with Crippen molar-refractivity contribution in [3.63, 3.8) is 0 Å². The van der Waals surface area contributed by atoms with Crippen LogP contribution in [0.25, 0.3) is 5.69 Å². The second-order valence-electron chi connectivity index (χ2n) is 5.47. The Bertz CT molecular complexity index is 718. The first kappa shape index (κ1) is 17.5. The molecule has 0 saturated carbocycles. The summed E-state index contributed by atoms with van der Waals surface area (Å²) in [6.07, 6.45) is 3.26. The number of carbonyl (C=O) groups excluding carboxylic acids is 1. The van der Waals surface area contributed by atoms with Crippen LogP contribution in [-0.4, -0.2) is 45.4 Å². The van der Waals surface area contributed by atoms with Crippen LogP contribution >= 0.6 is 0 Å². The Kier molecular flexibility index (Phi) is 5.51. The average molecular weight is 334 g/mol. The molecule has 8 heteroatoms. The zero-order chi connectivity index (χ0) is 17.7. The van der Waals surface area contributed by atoms with E-state index in [1.54, 1.807) is 30.6 Å². The molecular weight excluding hydrogens is 315 g/mol. The molecule has 0 aliphatic heterocycles. The van der Waals surface area contributed by atoms with Crippen LogP contribution in [0.5, 0.6) is 0 Å². The third-order valence-corrected chi connectivity index (χ3v) is 3.58. The van der Waals surface area contributed by atoms with E-state index in [2.05, 4.69) is 10.4 Å². The second kappa shape index (κ2) is 7.58. The smallest absolute Gasteiger partial charge is 0.317 e. The first-order chi connectivity index (χ1) is 11.4. The van der Waals surface area contributed by atoms with Gasteiger partial charge in [0.2, 0.25) is 0 Å². The maximum atomic E-state index is 14.1. The standard InChI is InChI=1S/C16H19FN4O3/c1-11(15(22)23)10-20(2)16(24)18-9-12-13(17)5-3-6-14(12)21-8-4-7-19-21/h3-8,11H,9-10H2,1-2H3,(H,18,24)(H,22,23). The summed E-state index contributed by atoms with van der Waals surface area (Å²) in [4.78, 5) is 24.2. The van der Waals surface area contributed by atoms with Gasteiger partial charge >= 0.3 is 12.0 Å². The Morgan fingerprint density at radius 3 is 2.79 bits per heavy atom. The maximum absolute atomic E-state index is 14.1. The predicted octanol–water partition coefficient (Wildman–Crippen LogP) is 1.87. The fraction of sp³-hybridized carbons (Fsp3) is 0.312. The van der Waals surface area contributed by atoms with E-state index < -0.39 is 23.7 Å². The molecule has 1 atom stereocenters. The molecule has 1 aromatic heterocycles. The lowest BCUT2D eigenvalue weighted by Gasteiger charge is -2.20. The van der Waals surface area contributed by atoms with Crippen molar-refractivity contribution in [2.45, 2.75) is 13.5 Å². The van der Waals surface area contributed by atoms with Crippen molar-refractivity contribution in [1.82, 2.24) is 20.0 Å². The van der Waals surface area contributed by atoms with Crippen LogP contribution in [0.15, 0.2) is 36.7 Å². The van der Waals surface area contributed by atoms with E-state index in [1.807, 2.05) is 0 Å². The van der Waals surface area contributed by atoms with Crippen LogP contribution in [0, 0.1) is 11.7 Å². The molecule has 2 aromatic rings. The zero-order valence-electron chi connectivity index (χ0n) is 13.4. The van der Waals surface area contributed by atoms with Gasteiger partial charge < -0.3 is 15.3 Å². The molecule has 2 amide bonds. The summed E-state index contributed by atoms with van der Waals surface area (Å²) in [5.74, 6) is -2.12. The lowest BCUT2D eigenvalue weighted by Crippen LogP contribution is -2.40. The molecule has 7 nitrogen and oxygen atoms in total. The van der Waals surface area contributed by atoms with Crippen LogP contribution < -0.4 is 5.32 Å². The molecule has 2 rings (SSSR count). The molecular formula is C16H19FN4O3. The summed E-state index contributed by atoms with van der Waals surface area (Å²) >= 11 is 0. The number of benzene rings is 1. The van der Waals surface area contributed by atoms with Crippen molar-refractivity contribution in [2.75, 3.05) is 13.6 Å². The first-order valence-electron chi connectivity index (χ1n) is 7.39. The second-order valence-corrected chi connectivity index (χ2v) is 5.47. The first-order valence-corrected chi connectivity index (χ1v) is 7.39. The fourth-order valence-electron chi connectivity index (χ4n) is 2.22. The number of carbonyl (C=O) groups is 2. The number of rotatable bonds is 6. The Morgan fingerprint density at radius 1 is 1.42 bits per heavy atom. The Balaban J connectivity index is 2.07. The molecule has 128 valence electrons. The van der Waals surface area contributed by atoms with Gasteiger partial charge in [0.1, 0.15) is 5.82 Å². The van der Waals surface area contributed by atoms with Gasteiger partial charge in [-0.2, -0.15) is 5.10 Å². The molecule has 1 unspecified atom stereocenters. The molecule has 0 aliphatic rings. The van der Waals surface area contributed by atoms with Gasteiger partial charge in [-0.25, -0.2) is 13.9 Å². The highest BCUT2D eigenvalue weighted by Crippen LogP contribution is 2.17. The maximum Gasteiger partial charge on any atom is 0.317 e. The third kappa shape index (κ3) is 4.09. The number of aliphatic carboxylic acids is 1.